The predicted octanol–water partition coefficient (Wildman–Crippen LogP) is -1.05. The van der Waals surface area contributed by atoms with E-state index in [1.165, 1.54) is 0 Å². The van der Waals surface area contributed by atoms with Gasteiger partial charge in [0.1, 0.15) is 11.6 Å². The Morgan fingerprint density at radius 1 is 1.55 bits per heavy atom. The number of nitrogens with one attached hydrogen (secondary N) is 1. The SMILES string of the molecule is CN(C)c1nc2nc[nH]c2c[n+]1C1C[C@H](O)[C@@H](CO)O1. The molecule has 1 saturated heterocycles. The molecule has 1 aliphatic heterocycles. The van der Waals surface area contributed by atoms with Gasteiger partial charge in [-0.15, -0.1) is 0 Å². The minimum Gasteiger partial charge on any atom is -0.394 e. The molecular formula is C12H18N5O3+. The quantitative estimate of drug-likeness (QED) is 0.621. The van der Waals surface area contributed by atoms with Crippen molar-refractivity contribution >= 4 is 17.1 Å². The van der Waals surface area contributed by atoms with Crippen molar-refractivity contribution in [1.82, 2.24) is 15.0 Å². The number of anilines is 1. The van der Waals surface area contributed by atoms with E-state index in [2.05, 4.69) is 15.0 Å². The molecule has 3 N–H and O–H groups in total. The molecule has 1 fully saturated rings. The highest BCUT2D eigenvalue weighted by atomic mass is 16.5. The van der Waals surface area contributed by atoms with E-state index in [9.17, 15) is 10.2 Å². The zero-order chi connectivity index (χ0) is 14.3. The van der Waals surface area contributed by atoms with Crippen LogP contribution < -0.4 is 9.47 Å². The summed E-state index contributed by atoms with van der Waals surface area (Å²) in [7, 11) is 3.76. The molecule has 0 radical (unpaired) electrons. The Labute approximate surface area is 115 Å². The first-order chi connectivity index (χ1) is 9.60. The van der Waals surface area contributed by atoms with Gasteiger partial charge in [-0.2, -0.15) is 0 Å². The summed E-state index contributed by atoms with van der Waals surface area (Å²) in [4.78, 5) is 13.5. The van der Waals surface area contributed by atoms with Gasteiger partial charge >= 0.3 is 5.95 Å². The minimum absolute atomic E-state index is 0.199. The molecule has 1 unspecified atom stereocenters. The van der Waals surface area contributed by atoms with Gasteiger partial charge < -0.3 is 19.9 Å². The molecule has 2 aromatic heterocycles. The molecule has 3 heterocycles. The Kier molecular flexibility index (Phi) is 3.28. The maximum absolute atomic E-state index is 9.87. The topological polar surface area (TPSA) is 98.4 Å². The summed E-state index contributed by atoms with van der Waals surface area (Å²) in [5, 5.41) is 19.1. The molecule has 108 valence electrons. The van der Waals surface area contributed by atoms with Crippen LogP contribution in [0.3, 0.4) is 0 Å². The molecule has 0 spiro atoms. The fraction of sp³-hybridized carbons (Fsp3) is 0.583. The van der Waals surface area contributed by atoms with Crippen LogP contribution >= 0.6 is 0 Å². The van der Waals surface area contributed by atoms with Crippen LogP contribution in [0.4, 0.5) is 5.95 Å². The lowest BCUT2D eigenvalue weighted by atomic mass is 10.2. The second kappa shape index (κ2) is 4.97. The minimum atomic E-state index is -0.676. The van der Waals surface area contributed by atoms with E-state index in [0.717, 1.165) is 5.52 Å². The predicted molar refractivity (Wildman–Crippen MR) is 70.0 cm³/mol. The molecule has 0 bridgehead atoms. The van der Waals surface area contributed by atoms with E-state index in [-0.39, 0.29) is 12.8 Å². The van der Waals surface area contributed by atoms with E-state index in [4.69, 9.17) is 4.74 Å². The average Bonchev–Trinajstić information content (AvgIpc) is 3.02. The Balaban J connectivity index is 2.03. The van der Waals surface area contributed by atoms with Gasteiger partial charge in [-0.1, -0.05) is 0 Å². The molecule has 0 saturated carbocycles. The molecule has 8 nitrogen and oxygen atoms in total. The van der Waals surface area contributed by atoms with Crippen molar-refractivity contribution in [3.8, 4) is 0 Å². The van der Waals surface area contributed by atoms with Gasteiger partial charge in [0.2, 0.25) is 0 Å². The van der Waals surface area contributed by atoms with Crippen LogP contribution in [0.5, 0.6) is 0 Å². The van der Waals surface area contributed by atoms with Crippen molar-refractivity contribution in [2.24, 2.45) is 0 Å². The monoisotopic (exact) mass is 280 g/mol. The lowest BCUT2D eigenvalue weighted by Gasteiger charge is -2.15. The average molecular weight is 280 g/mol. The van der Waals surface area contributed by atoms with Crippen LogP contribution in [0.25, 0.3) is 11.2 Å². The van der Waals surface area contributed by atoms with E-state index in [0.29, 0.717) is 18.0 Å². The normalized spacial score (nSPS) is 26.3. The van der Waals surface area contributed by atoms with Crippen LogP contribution in [-0.4, -0.2) is 58.1 Å². The third-order valence-corrected chi connectivity index (χ3v) is 3.45. The second-order valence-corrected chi connectivity index (χ2v) is 5.10. The fourth-order valence-corrected chi connectivity index (χ4v) is 2.42. The van der Waals surface area contributed by atoms with Gasteiger partial charge in [-0.25, -0.2) is 9.55 Å². The summed E-state index contributed by atoms with van der Waals surface area (Å²) < 4.78 is 7.53. The number of rotatable bonds is 3. The van der Waals surface area contributed by atoms with Crippen molar-refractivity contribution < 1.29 is 19.5 Å². The van der Waals surface area contributed by atoms with E-state index in [1.54, 1.807) is 6.33 Å². The summed E-state index contributed by atoms with van der Waals surface area (Å²) in [6.07, 6.45) is 2.27. The highest BCUT2D eigenvalue weighted by molar-refractivity contribution is 5.68. The smallest absolute Gasteiger partial charge is 0.394 e. The number of aliphatic hydroxyl groups is 2. The van der Waals surface area contributed by atoms with Crippen LogP contribution in [-0.2, 0) is 4.74 Å². The first-order valence-electron chi connectivity index (χ1n) is 6.47. The third kappa shape index (κ3) is 2.11. The fourth-order valence-electron chi connectivity index (χ4n) is 2.42. The first-order valence-corrected chi connectivity index (χ1v) is 6.47. The highest BCUT2D eigenvalue weighted by Crippen LogP contribution is 2.26. The number of aromatic amines is 1. The van der Waals surface area contributed by atoms with E-state index >= 15 is 0 Å². The lowest BCUT2D eigenvalue weighted by molar-refractivity contribution is -0.749. The second-order valence-electron chi connectivity index (χ2n) is 5.10. The summed E-state index contributed by atoms with van der Waals surface area (Å²) >= 11 is 0. The summed E-state index contributed by atoms with van der Waals surface area (Å²) in [5.74, 6) is 0.681. The maximum atomic E-state index is 9.87. The molecule has 8 heteroatoms. The van der Waals surface area contributed by atoms with Crippen LogP contribution in [0.1, 0.15) is 12.6 Å². The van der Waals surface area contributed by atoms with Crippen molar-refractivity contribution in [2.45, 2.75) is 24.9 Å². The number of nitrogens with zero attached hydrogens (tertiary/aromatic N) is 4. The molecule has 2 aromatic rings. The van der Waals surface area contributed by atoms with E-state index in [1.807, 2.05) is 29.8 Å². The Morgan fingerprint density at radius 3 is 3.00 bits per heavy atom. The third-order valence-electron chi connectivity index (χ3n) is 3.45. The molecule has 3 rings (SSSR count). The zero-order valence-corrected chi connectivity index (χ0v) is 11.4. The van der Waals surface area contributed by atoms with Gasteiger partial charge in [0.15, 0.2) is 6.23 Å². The Morgan fingerprint density at radius 2 is 2.35 bits per heavy atom. The Bertz CT molecular complexity index is 614. The van der Waals surface area contributed by atoms with Crippen molar-refractivity contribution in [3.63, 3.8) is 0 Å². The van der Waals surface area contributed by atoms with Gasteiger partial charge in [-0.05, 0) is 4.98 Å². The first kappa shape index (κ1) is 13.2. The van der Waals surface area contributed by atoms with Crippen molar-refractivity contribution in [2.75, 3.05) is 25.6 Å². The summed E-state index contributed by atoms with van der Waals surface area (Å²) in [6, 6.07) is 0. The van der Waals surface area contributed by atoms with E-state index < -0.39 is 12.2 Å². The maximum Gasteiger partial charge on any atom is 0.397 e. The van der Waals surface area contributed by atoms with Crippen molar-refractivity contribution in [3.05, 3.63) is 12.5 Å². The molecule has 3 atom stereocenters. The zero-order valence-electron chi connectivity index (χ0n) is 11.4. The number of aliphatic hydroxyl groups excluding tert-OH is 2. The number of imidazole rings is 1. The number of ether oxygens (including phenoxy) is 1. The van der Waals surface area contributed by atoms with Crippen LogP contribution in [0.2, 0.25) is 0 Å². The number of hydrogen-bond donors (Lipinski definition) is 3. The lowest BCUT2D eigenvalue weighted by Crippen LogP contribution is -2.45. The molecule has 0 aromatic carbocycles. The molecule has 0 amide bonds. The molecule has 1 aliphatic rings. The van der Waals surface area contributed by atoms with Crippen LogP contribution in [0, 0.1) is 0 Å². The summed E-state index contributed by atoms with van der Waals surface area (Å²) in [5.41, 5.74) is 1.42. The number of hydrogen-bond acceptors (Lipinski definition) is 6. The number of H-pyrrole nitrogens is 1. The molecular weight excluding hydrogens is 262 g/mol. The van der Waals surface area contributed by atoms with Gasteiger partial charge in [0, 0.05) is 6.42 Å². The van der Waals surface area contributed by atoms with Gasteiger partial charge in [0.25, 0.3) is 5.65 Å². The van der Waals surface area contributed by atoms with Gasteiger partial charge in [-0.3, -0.25) is 4.90 Å². The number of fused-ring (bicyclic) bond motifs is 1. The summed E-state index contributed by atoms with van der Waals surface area (Å²) in [6.45, 7) is -0.199. The molecule has 0 aliphatic carbocycles. The van der Waals surface area contributed by atoms with Crippen LogP contribution in [0.15, 0.2) is 12.5 Å². The Hall–Kier alpha value is -1.77. The largest absolute Gasteiger partial charge is 0.397 e. The highest BCUT2D eigenvalue weighted by Gasteiger charge is 2.38. The number of aromatic nitrogens is 4. The van der Waals surface area contributed by atoms with Gasteiger partial charge in [0.05, 0.1) is 39.3 Å². The standard InChI is InChI=1S/C12H17N5O3/c1-16(2)12-15-11-7(13-6-14-11)4-17(12)10-3-8(19)9(5-18)20-10/h4,6,8-10,18-19H,3,5H2,1-2H3/p+1/t8-,9+,10?/m0/s1. The molecule has 20 heavy (non-hydrogen) atoms. The van der Waals surface area contributed by atoms with Crippen molar-refractivity contribution in [1.29, 1.82) is 0 Å².